The van der Waals surface area contributed by atoms with Crippen LogP contribution in [0.4, 0.5) is 0 Å². The molecule has 14 nitrogen and oxygen atoms in total. The molecule has 4 aliphatic heterocycles. The summed E-state index contributed by atoms with van der Waals surface area (Å²) in [6.07, 6.45) is 8.96. The lowest BCUT2D eigenvalue weighted by Crippen LogP contribution is -2.47. The van der Waals surface area contributed by atoms with Crippen LogP contribution in [0.5, 0.6) is 0 Å². The second kappa shape index (κ2) is 17.5. The quantitative estimate of drug-likeness (QED) is 0.0613. The molecule has 4 heterocycles. The van der Waals surface area contributed by atoms with Crippen molar-refractivity contribution in [1.29, 1.82) is 0 Å². The average molecular weight is 762 g/mol. The maximum absolute atomic E-state index is 12.7. The van der Waals surface area contributed by atoms with Gasteiger partial charge in [0.25, 0.3) is 11.8 Å². The number of aliphatic carboxylic acids is 1. The number of hydrogen-bond donors (Lipinski definition) is 2. The molecule has 3 saturated heterocycles. The number of amides is 4. The molecule has 0 aromatic carbocycles. The Morgan fingerprint density at radius 3 is 2.20 bits per heavy atom. The van der Waals surface area contributed by atoms with Crippen molar-refractivity contribution in [2.45, 2.75) is 89.3 Å². The molecule has 2 N–H and O–H groups in total. The SMILES string of the molecule is O=C(O)CCC(=O)OCC1(COI)CCN(C(=O)CCCCCNC(=O)CCCCCON2C(=O)C3C4C=CC(O4)C3C2=O)CC1. The lowest BCUT2D eigenvalue weighted by atomic mass is 9.80. The summed E-state index contributed by atoms with van der Waals surface area (Å²) in [5.74, 6) is -3.17. The molecule has 4 unspecified atom stereocenters. The first-order valence-corrected chi connectivity index (χ1v) is 17.0. The zero-order valence-corrected chi connectivity index (χ0v) is 28.2. The van der Waals surface area contributed by atoms with Gasteiger partial charge in [0.2, 0.25) is 11.8 Å². The van der Waals surface area contributed by atoms with E-state index in [9.17, 15) is 28.8 Å². The van der Waals surface area contributed by atoms with Crippen molar-refractivity contribution in [3.8, 4) is 0 Å². The highest BCUT2D eigenvalue weighted by molar-refractivity contribution is 14.1. The molecule has 0 aromatic heterocycles. The number of unbranched alkanes of at least 4 members (excludes halogenated alkanes) is 4. The van der Waals surface area contributed by atoms with Gasteiger partial charge in [-0.2, -0.15) is 5.06 Å². The van der Waals surface area contributed by atoms with Gasteiger partial charge in [0, 0.05) is 37.9 Å². The van der Waals surface area contributed by atoms with Gasteiger partial charge >= 0.3 is 11.9 Å². The summed E-state index contributed by atoms with van der Waals surface area (Å²) in [5.41, 5.74) is -0.398. The van der Waals surface area contributed by atoms with Gasteiger partial charge in [-0.15, -0.1) is 0 Å². The molecule has 4 atom stereocenters. The topological polar surface area (TPSA) is 178 Å². The molecule has 0 spiro atoms. The van der Waals surface area contributed by atoms with Gasteiger partial charge in [0.1, 0.15) is 23.0 Å². The summed E-state index contributed by atoms with van der Waals surface area (Å²) >= 11 is 1.80. The first-order valence-electron chi connectivity index (χ1n) is 16.1. The maximum atomic E-state index is 12.7. The number of carbonyl (C=O) groups excluding carboxylic acids is 5. The van der Waals surface area contributed by atoms with Crippen LogP contribution in [0.2, 0.25) is 0 Å². The number of carboxylic acids is 1. The van der Waals surface area contributed by atoms with E-state index >= 15 is 0 Å². The second-order valence-corrected chi connectivity index (χ2v) is 13.1. The number of ether oxygens (including phenoxy) is 2. The number of imide groups is 1. The van der Waals surface area contributed by atoms with Crippen molar-refractivity contribution in [3.05, 3.63) is 12.2 Å². The second-order valence-electron chi connectivity index (χ2n) is 12.5. The minimum Gasteiger partial charge on any atom is -0.481 e. The number of nitrogens with one attached hydrogen (secondary N) is 1. The number of likely N-dealkylation sites (tertiary alicyclic amines) is 1. The number of fused-ring (bicyclic) bond motifs is 5. The van der Waals surface area contributed by atoms with E-state index in [1.807, 2.05) is 17.1 Å². The van der Waals surface area contributed by atoms with Gasteiger partial charge in [-0.05, 0) is 38.5 Å². The Kier molecular flexibility index (Phi) is 13.8. The fourth-order valence-corrected chi connectivity index (χ4v) is 7.03. The number of nitrogens with zero attached hydrogens (tertiary/aromatic N) is 2. The third kappa shape index (κ3) is 9.70. The fraction of sp³-hybridized carbons (Fsp3) is 0.742. The van der Waals surface area contributed by atoms with Crippen LogP contribution in [0, 0.1) is 17.3 Å². The maximum Gasteiger partial charge on any atom is 0.306 e. The van der Waals surface area contributed by atoms with Gasteiger partial charge in [0.05, 0.1) is 56.7 Å². The predicted molar refractivity (Wildman–Crippen MR) is 169 cm³/mol. The Bertz CT molecular complexity index is 1130. The van der Waals surface area contributed by atoms with E-state index in [0.29, 0.717) is 64.8 Å². The van der Waals surface area contributed by atoms with E-state index in [-0.39, 0.29) is 61.9 Å². The molecular formula is C31H44IN3O11. The molecule has 0 saturated carbocycles. The number of hydrogen-bond acceptors (Lipinski definition) is 10. The Hall–Kier alpha value is -2.63. The number of rotatable bonds is 20. The van der Waals surface area contributed by atoms with Crippen molar-refractivity contribution >= 4 is 58.6 Å². The van der Waals surface area contributed by atoms with Gasteiger partial charge < -0.3 is 27.9 Å². The summed E-state index contributed by atoms with van der Waals surface area (Å²) in [6, 6.07) is 0. The number of carboxylic acid groups (broad SMARTS) is 1. The van der Waals surface area contributed by atoms with Crippen molar-refractivity contribution in [1.82, 2.24) is 15.3 Å². The van der Waals surface area contributed by atoms with E-state index in [0.717, 1.165) is 30.7 Å². The summed E-state index contributed by atoms with van der Waals surface area (Å²) in [4.78, 5) is 79.8. The molecule has 15 heteroatoms. The van der Waals surface area contributed by atoms with E-state index < -0.39 is 29.2 Å². The van der Waals surface area contributed by atoms with E-state index in [4.69, 9.17) is 22.5 Å². The van der Waals surface area contributed by atoms with Gasteiger partial charge in [-0.1, -0.05) is 25.0 Å². The summed E-state index contributed by atoms with van der Waals surface area (Å²) in [5, 5.41) is 12.5. The number of halogens is 1. The van der Waals surface area contributed by atoms with Gasteiger partial charge in [0.15, 0.2) is 0 Å². The average Bonchev–Trinajstić information content (AvgIpc) is 3.72. The highest BCUT2D eigenvalue weighted by atomic mass is 127. The molecule has 4 aliphatic rings. The van der Waals surface area contributed by atoms with Crippen LogP contribution in [0.15, 0.2) is 12.2 Å². The van der Waals surface area contributed by atoms with Crippen molar-refractivity contribution < 1.29 is 51.3 Å². The Morgan fingerprint density at radius 2 is 1.54 bits per heavy atom. The molecule has 4 amide bonds. The molecule has 0 aromatic rings. The van der Waals surface area contributed by atoms with Crippen LogP contribution < -0.4 is 5.32 Å². The minimum absolute atomic E-state index is 0.0301. The van der Waals surface area contributed by atoms with Crippen LogP contribution in [-0.4, -0.2) is 102 Å². The van der Waals surface area contributed by atoms with Crippen molar-refractivity contribution in [2.24, 2.45) is 17.3 Å². The van der Waals surface area contributed by atoms with Crippen LogP contribution in [0.3, 0.4) is 0 Å². The van der Waals surface area contributed by atoms with E-state index in [1.165, 1.54) is 0 Å². The molecule has 0 radical (unpaired) electrons. The highest BCUT2D eigenvalue weighted by Crippen LogP contribution is 2.45. The molecule has 46 heavy (non-hydrogen) atoms. The lowest BCUT2D eigenvalue weighted by molar-refractivity contribution is -0.192. The molecule has 3 fully saturated rings. The van der Waals surface area contributed by atoms with E-state index in [2.05, 4.69) is 5.32 Å². The third-order valence-electron chi connectivity index (χ3n) is 9.15. The van der Waals surface area contributed by atoms with Crippen LogP contribution in [0.25, 0.3) is 0 Å². The number of carbonyl (C=O) groups is 6. The number of esters is 1. The Labute approximate surface area is 282 Å². The Balaban J connectivity index is 0.981. The lowest BCUT2D eigenvalue weighted by Gasteiger charge is -2.40. The van der Waals surface area contributed by atoms with Crippen LogP contribution in [0.1, 0.15) is 77.0 Å². The monoisotopic (exact) mass is 761 g/mol. The summed E-state index contributed by atoms with van der Waals surface area (Å²) in [6.45, 7) is 2.37. The summed E-state index contributed by atoms with van der Waals surface area (Å²) in [7, 11) is 0. The number of piperidine rings is 1. The van der Waals surface area contributed by atoms with Crippen LogP contribution in [-0.2, 0) is 46.1 Å². The molecule has 0 aliphatic carbocycles. The normalized spacial score (nSPS) is 24.4. The number of hydroxylamine groups is 2. The Morgan fingerprint density at radius 1 is 0.891 bits per heavy atom. The first kappa shape index (κ1) is 36.2. The van der Waals surface area contributed by atoms with Gasteiger partial charge in [-0.25, -0.2) is 0 Å². The smallest absolute Gasteiger partial charge is 0.306 e. The van der Waals surface area contributed by atoms with E-state index in [1.54, 1.807) is 23.0 Å². The van der Waals surface area contributed by atoms with Crippen molar-refractivity contribution in [3.63, 3.8) is 0 Å². The standard InChI is InChI=1S/C31H44IN3O11/c32-44-20-31(19-43-26(40)12-11-25(38)39)13-16-34(17-14-31)24(37)8-4-1-5-15-33-23(36)7-3-2-6-18-45-35-29(41)27-21-9-10-22(46-21)28(27)30(35)42/h9-10,21-22,27-28H,1-8,11-20H2,(H,33,36)(H,38,39). The molecule has 256 valence electrons. The molecule has 4 rings (SSSR count). The highest BCUT2D eigenvalue weighted by Gasteiger charge is 2.61. The fourth-order valence-electron chi connectivity index (χ4n) is 6.37. The molecular weight excluding hydrogens is 717 g/mol. The van der Waals surface area contributed by atoms with Gasteiger partial charge in [-0.3, -0.25) is 33.6 Å². The minimum atomic E-state index is -1.05. The third-order valence-corrected chi connectivity index (χ3v) is 9.46. The zero-order chi connectivity index (χ0) is 33.1. The predicted octanol–water partition coefficient (Wildman–Crippen LogP) is 2.48. The molecule has 2 bridgehead atoms. The zero-order valence-electron chi connectivity index (χ0n) is 26.0. The first-order chi connectivity index (χ1) is 22.1. The largest absolute Gasteiger partial charge is 0.481 e. The summed E-state index contributed by atoms with van der Waals surface area (Å²) < 4.78 is 16.3. The van der Waals surface area contributed by atoms with Crippen molar-refractivity contribution in [2.75, 3.05) is 39.5 Å². The van der Waals surface area contributed by atoms with Crippen LogP contribution >= 0.6 is 23.0 Å².